The van der Waals surface area contributed by atoms with E-state index in [1.54, 1.807) is 0 Å². The summed E-state index contributed by atoms with van der Waals surface area (Å²) in [7, 11) is -0.412. The molecule has 2 aromatic rings. The van der Waals surface area contributed by atoms with Gasteiger partial charge in [-0.1, -0.05) is 6.07 Å². The van der Waals surface area contributed by atoms with Crippen molar-refractivity contribution in [2.24, 2.45) is 4.99 Å². The van der Waals surface area contributed by atoms with E-state index in [0.29, 0.717) is 10.8 Å². The van der Waals surface area contributed by atoms with Gasteiger partial charge in [0.05, 0.1) is 21.4 Å². The van der Waals surface area contributed by atoms with Crippen molar-refractivity contribution < 1.29 is 19.2 Å². The molecule has 2 aliphatic heterocycles. The average Bonchev–Trinajstić information content (AvgIpc) is 3.23. The Labute approximate surface area is 160 Å². The van der Waals surface area contributed by atoms with Gasteiger partial charge in [0.1, 0.15) is 10.1 Å². The van der Waals surface area contributed by atoms with E-state index < -0.39 is 19.1 Å². The lowest BCUT2D eigenvalue weighted by molar-refractivity contribution is -0.137. The number of hydrogen-bond donors (Lipinski definition) is 1. The summed E-state index contributed by atoms with van der Waals surface area (Å²) in [6.45, 7) is 8.13. The molecule has 1 fully saturated rings. The van der Waals surface area contributed by atoms with Crippen LogP contribution in [0.25, 0.3) is 10.2 Å². The summed E-state index contributed by atoms with van der Waals surface area (Å²) in [5.41, 5.74) is 1.06. The first-order chi connectivity index (χ1) is 12.2. The van der Waals surface area contributed by atoms with Crippen LogP contribution in [0.5, 0.6) is 0 Å². The number of carboxylic acid groups (broad SMARTS) is 1. The third kappa shape index (κ3) is 2.96. The Kier molecular flexibility index (Phi) is 4.18. The number of aliphatic carboxylic acids is 1. The lowest BCUT2D eigenvalue weighted by atomic mass is 9.79. The monoisotopic (exact) mass is 390 g/mol. The molecule has 1 aromatic heterocycles. The lowest BCUT2D eigenvalue weighted by Crippen LogP contribution is -2.41. The zero-order chi connectivity index (χ0) is 18.7. The van der Waals surface area contributed by atoms with Crippen LogP contribution >= 0.6 is 23.1 Å². The van der Waals surface area contributed by atoms with Crippen molar-refractivity contribution in [2.45, 2.75) is 44.9 Å². The first kappa shape index (κ1) is 18.0. The van der Waals surface area contributed by atoms with Gasteiger partial charge < -0.3 is 14.4 Å². The molecule has 0 saturated carbocycles. The molecule has 2 aliphatic rings. The van der Waals surface area contributed by atoms with Gasteiger partial charge in [-0.05, 0) is 45.3 Å². The zero-order valence-electron chi connectivity index (χ0n) is 15.0. The zero-order valence-corrected chi connectivity index (χ0v) is 16.6. The van der Waals surface area contributed by atoms with E-state index >= 15 is 0 Å². The normalized spacial score (nSPS) is 24.2. The maximum absolute atomic E-state index is 11.1. The van der Waals surface area contributed by atoms with E-state index in [2.05, 4.69) is 9.98 Å². The Morgan fingerprint density at radius 2 is 1.96 bits per heavy atom. The van der Waals surface area contributed by atoms with Gasteiger partial charge in [-0.2, -0.15) is 0 Å². The Hall–Kier alpha value is -1.42. The molecule has 1 aromatic carbocycles. The highest BCUT2D eigenvalue weighted by molar-refractivity contribution is 8.15. The Morgan fingerprint density at radius 1 is 1.27 bits per heavy atom. The molecule has 6 nitrogen and oxygen atoms in total. The summed E-state index contributed by atoms with van der Waals surface area (Å²) < 4.78 is 13.2. The highest BCUT2D eigenvalue weighted by Crippen LogP contribution is 2.37. The minimum Gasteiger partial charge on any atom is -0.480 e. The number of thiazole rings is 1. The Morgan fingerprint density at radius 3 is 2.58 bits per heavy atom. The van der Waals surface area contributed by atoms with Gasteiger partial charge in [0.2, 0.25) is 0 Å². The van der Waals surface area contributed by atoms with E-state index in [1.165, 1.54) is 23.1 Å². The van der Waals surface area contributed by atoms with Crippen molar-refractivity contribution in [1.82, 2.24) is 4.98 Å². The predicted molar refractivity (Wildman–Crippen MR) is 106 cm³/mol. The largest absolute Gasteiger partial charge is 0.494 e. The third-order valence-corrected chi connectivity index (χ3v) is 7.27. The fourth-order valence-corrected chi connectivity index (χ4v) is 4.89. The number of fused-ring (bicyclic) bond motifs is 1. The summed E-state index contributed by atoms with van der Waals surface area (Å²) >= 11 is 2.96. The van der Waals surface area contributed by atoms with Crippen LogP contribution in [0.1, 0.15) is 32.7 Å². The van der Waals surface area contributed by atoms with Gasteiger partial charge in [-0.3, -0.25) is 4.99 Å². The number of hydrogen-bond acceptors (Lipinski definition) is 7. The molecule has 0 aliphatic carbocycles. The fraction of sp³-hybridized carbons (Fsp3) is 0.471. The molecule has 1 atom stereocenters. The first-order valence-corrected chi connectivity index (χ1v) is 10.2. The standard InChI is InChI=1S/C17H19BN2O4S2/c1-16(2)17(3,4)24-18(23-16)9-5-6-10-12(7-9)26-14(19-10)13-20-11(8-25-13)15(21)22/h5-7,11H,8H2,1-4H3,(H,21,22). The van der Waals surface area contributed by atoms with Crippen molar-refractivity contribution >= 4 is 56.9 Å². The molecule has 0 bridgehead atoms. The van der Waals surface area contributed by atoms with Crippen LogP contribution < -0.4 is 5.46 Å². The van der Waals surface area contributed by atoms with Gasteiger partial charge in [0, 0.05) is 5.75 Å². The molecule has 1 unspecified atom stereocenters. The average molecular weight is 390 g/mol. The van der Waals surface area contributed by atoms with Gasteiger partial charge in [-0.25, -0.2) is 9.78 Å². The molecule has 0 radical (unpaired) electrons. The number of carbonyl (C=O) groups is 1. The molecular formula is C17H19BN2O4S2. The van der Waals surface area contributed by atoms with Crippen LogP contribution in [-0.2, 0) is 14.1 Å². The van der Waals surface area contributed by atoms with Gasteiger partial charge in [0.25, 0.3) is 0 Å². The summed E-state index contributed by atoms with van der Waals surface area (Å²) in [6.07, 6.45) is 0. The first-order valence-electron chi connectivity index (χ1n) is 8.36. The Balaban J connectivity index is 1.63. The quantitative estimate of drug-likeness (QED) is 0.812. The SMILES string of the molecule is CC1(C)OB(c2ccc3nc(C4=NC(C(=O)O)CS4)sc3c2)OC1(C)C. The number of aliphatic imine (C=N–C) groups is 1. The Bertz CT molecular complexity index is 909. The lowest BCUT2D eigenvalue weighted by Gasteiger charge is -2.32. The molecular weight excluding hydrogens is 371 g/mol. The maximum Gasteiger partial charge on any atom is 0.494 e. The second-order valence-corrected chi connectivity index (χ2v) is 9.47. The number of rotatable bonds is 3. The van der Waals surface area contributed by atoms with Crippen LogP contribution in [0.2, 0.25) is 0 Å². The van der Waals surface area contributed by atoms with Crippen LogP contribution in [-0.4, -0.2) is 51.2 Å². The van der Waals surface area contributed by atoms with E-state index in [-0.39, 0.29) is 11.2 Å². The molecule has 1 saturated heterocycles. The molecule has 26 heavy (non-hydrogen) atoms. The summed E-state index contributed by atoms with van der Waals surface area (Å²) in [4.78, 5) is 20.0. The van der Waals surface area contributed by atoms with Crippen LogP contribution in [0.15, 0.2) is 23.2 Å². The summed E-state index contributed by atoms with van der Waals surface area (Å²) in [6, 6.07) is 5.28. The number of carboxylic acids is 1. The van der Waals surface area contributed by atoms with Crippen molar-refractivity contribution in [1.29, 1.82) is 0 Å². The van der Waals surface area contributed by atoms with E-state index in [1.807, 2.05) is 45.9 Å². The van der Waals surface area contributed by atoms with Crippen LogP contribution in [0, 0.1) is 0 Å². The summed E-state index contributed by atoms with van der Waals surface area (Å²) in [5, 5.41) is 10.6. The van der Waals surface area contributed by atoms with Gasteiger partial charge in [0.15, 0.2) is 6.04 Å². The smallest absolute Gasteiger partial charge is 0.480 e. The molecule has 0 spiro atoms. The highest BCUT2D eigenvalue weighted by Gasteiger charge is 2.51. The van der Waals surface area contributed by atoms with Crippen molar-refractivity contribution in [3.63, 3.8) is 0 Å². The number of aromatic nitrogens is 1. The minimum absolute atomic E-state index is 0.382. The van der Waals surface area contributed by atoms with Crippen molar-refractivity contribution in [2.75, 3.05) is 5.75 Å². The number of benzene rings is 1. The molecule has 9 heteroatoms. The molecule has 1 N–H and O–H groups in total. The number of nitrogens with zero attached hydrogens (tertiary/aromatic N) is 2. The number of thioether (sulfide) groups is 1. The van der Waals surface area contributed by atoms with E-state index in [9.17, 15) is 4.79 Å². The van der Waals surface area contributed by atoms with Gasteiger partial charge in [-0.15, -0.1) is 23.1 Å². The second kappa shape index (κ2) is 6.05. The van der Waals surface area contributed by atoms with Gasteiger partial charge >= 0.3 is 13.1 Å². The highest BCUT2D eigenvalue weighted by atomic mass is 32.2. The van der Waals surface area contributed by atoms with Crippen LogP contribution in [0.3, 0.4) is 0 Å². The minimum atomic E-state index is -0.892. The molecule has 136 valence electrons. The van der Waals surface area contributed by atoms with Crippen LogP contribution in [0.4, 0.5) is 0 Å². The second-order valence-electron chi connectivity index (χ2n) is 7.43. The van der Waals surface area contributed by atoms with Crippen molar-refractivity contribution in [3.8, 4) is 0 Å². The predicted octanol–water partition coefficient (Wildman–Crippen LogP) is 2.54. The van der Waals surface area contributed by atoms with E-state index in [4.69, 9.17) is 14.4 Å². The maximum atomic E-state index is 11.1. The van der Waals surface area contributed by atoms with Crippen molar-refractivity contribution in [3.05, 3.63) is 23.2 Å². The molecule has 0 amide bonds. The third-order valence-electron chi connectivity index (χ3n) is 5.06. The molecule has 4 rings (SSSR count). The molecule has 3 heterocycles. The van der Waals surface area contributed by atoms with E-state index in [0.717, 1.165) is 20.7 Å². The topological polar surface area (TPSA) is 81.0 Å². The fourth-order valence-electron chi connectivity index (χ4n) is 2.78. The summed E-state index contributed by atoms with van der Waals surface area (Å²) in [5.74, 6) is -0.434.